The van der Waals surface area contributed by atoms with Gasteiger partial charge in [-0.15, -0.1) is 11.3 Å². The Bertz CT molecular complexity index is 2090. The van der Waals surface area contributed by atoms with Crippen LogP contribution in [0, 0.1) is 23.0 Å². The van der Waals surface area contributed by atoms with Gasteiger partial charge < -0.3 is 24.8 Å². The van der Waals surface area contributed by atoms with Gasteiger partial charge in [-0.1, -0.05) is 17.7 Å². The summed E-state index contributed by atoms with van der Waals surface area (Å²) in [6.07, 6.45) is 2.18. The van der Waals surface area contributed by atoms with E-state index in [1.165, 1.54) is 6.07 Å². The van der Waals surface area contributed by atoms with Crippen molar-refractivity contribution >= 4 is 54.7 Å². The summed E-state index contributed by atoms with van der Waals surface area (Å²) >= 11 is 7.94. The first kappa shape index (κ1) is 31.3. The van der Waals surface area contributed by atoms with Gasteiger partial charge in [0, 0.05) is 30.5 Å². The maximum Gasteiger partial charge on any atom is 0.319 e. The Morgan fingerprint density at radius 2 is 2.02 bits per heavy atom. The first-order valence-electron chi connectivity index (χ1n) is 16.5. The van der Waals surface area contributed by atoms with Crippen molar-refractivity contribution in [1.29, 1.82) is 5.26 Å². The molecule has 0 radical (unpaired) electrons. The minimum absolute atomic E-state index is 0.00655. The van der Waals surface area contributed by atoms with Gasteiger partial charge in [0.2, 0.25) is 0 Å². The summed E-state index contributed by atoms with van der Waals surface area (Å²) in [4.78, 5) is 13.3. The molecule has 1 aliphatic carbocycles. The molecule has 2 aromatic carbocycles. The van der Waals surface area contributed by atoms with E-state index in [1.54, 1.807) is 0 Å². The number of nitrogens with two attached hydrogens (primary N) is 1. The van der Waals surface area contributed by atoms with Crippen LogP contribution in [0.5, 0.6) is 11.8 Å². The Kier molecular flexibility index (Phi) is 7.15. The van der Waals surface area contributed by atoms with Crippen LogP contribution in [0.4, 0.5) is 28.4 Å². The molecule has 4 atom stereocenters. The molecule has 0 amide bonds. The molecule has 3 saturated heterocycles. The monoisotopic (exact) mass is 714 g/mol. The molecule has 4 fully saturated rings. The summed E-state index contributed by atoms with van der Waals surface area (Å²) in [5, 5.41) is 10.1. The predicted molar refractivity (Wildman–Crippen MR) is 177 cm³/mol. The van der Waals surface area contributed by atoms with Crippen LogP contribution in [0.1, 0.15) is 44.1 Å². The average Bonchev–Trinajstić information content (AvgIpc) is 3.41. The van der Waals surface area contributed by atoms with E-state index in [0.29, 0.717) is 45.4 Å². The number of hydrogen-bond donors (Lipinski definition) is 1. The van der Waals surface area contributed by atoms with Crippen LogP contribution < -0.4 is 20.1 Å². The summed E-state index contributed by atoms with van der Waals surface area (Å²) in [5.74, 6) is -1.25. The molecule has 4 aliphatic heterocycles. The zero-order chi connectivity index (χ0) is 33.8. The highest BCUT2D eigenvalue weighted by Gasteiger charge is 2.56. The second-order valence-electron chi connectivity index (χ2n) is 13.8. The van der Waals surface area contributed by atoms with Crippen molar-refractivity contribution in [2.24, 2.45) is 0 Å². The lowest BCUT2D eigenvalue weighted by atomic mass is 9.95. The van der Waals surface area contributed by atoms with Crippen LogP contribution in [0.3, 0.4) is 0 Å². The third-order valence-electron chi connectivity index (χ3n) is 11.0. The van der Waals surface area contributed by atoms with E-state index < -0.39 is 35.1 Å². The highest BCUT2D eigenvalue weighted by molar-refractivity contribution is 7.23. The number of aromatic nitrogens is 2. The number of anilines is 2. The van der Waals surface area contributed by atoms with Gasteiger partial charge in [-0.3, -0.25) is 4.90 Å². The topological polar surface area (TPSA) is 110 Å². The molecule has 4 aromatic rings. The number of thiophene rings is 1. The van der Waals surface area contributed by atoms with E-state index in [4.69, 9.17) is 36.5 Å². The van der Waals surface area contributed by atoms with Crippen LogP contribution in [0.25, 0.3) is 32.1 Å². The van der Waals surface area contributed by atoms with Crippen LogP contribution in [-0.2, 0) is 4.74 Å². The first-order valence-corrected chi connectivity index (χ1v) is 17.7. The molecule has 9 rings (SSSR count). The number of nitriles is 1. The smallest absolute Gasteiger partial charge is 0.319 e. The van der Waals surface area contributed by atoms with Crippen LogP contribution in [0.15, 0.2) is 12.1 Å². The Hall–Kier alpha value is -3.64. The molecule has 1 unspecified atom stereocenters. The maximum absolute atomic E-state index is 17.3. The number of nitrogen functional groups attached to an aromatic ring is 1. The molecule has 15 heteroatoms. The number of rotatable bonds is 6. The molecular formula is C34H31ClF4N6O3S. The van der Waals surface area contributed by atoms with Gasteiger partial charge in [0.25, 0.3) is 0 Å². The van der Waals surface area contributed by atoms with Gasteiger partial charge in [0.15, 0.2) is 11.6 Å². The molecule has 0 spiro atoms. The van der Waals surface area contributed by atoms with E-state index in [9.17, 15) is 9.65 Å². The minimum Gasteiger partial charge on any atom is -0.489 e. The highest BCUT2D eigenvalue weighted by atomic mass is 35.5. The third kappa shape index (κ3) is 4.68. The number of hydrogen-bond acceptors (Lipinski definition) is 10. The number of fused-ring (bicyclic) bond motifs is 2. The zero-order valence-corrected chi connectivity index (χ0v) is 27.8. The van der Waals surface area contributed by atoms with Gasteiger partial charge in [-0.05, 0) is 50.3 Å². The van der Waals surface area contributed by atoms with Crippen molar-refractivity contribution in [2.75, 3.05) is 50.2 Å². The average molecular weight is 715 g/mol. The number of benzene rings is 2. The van der Waals surface area contributed by atoms with Crippen molar-refractivity contribution in [3.05, 3.63) is 34.4 Å². The number of ether oxygens (including phenoxy) is 3. The quantitative estimate of drug-likeness (QED) is 0.218. The van der Waals surface area contributed by atoms with Crippen molar-refractivity contribution in [1.82, 2.24) is 14.9 Å². The van der Waals surface area contributed by atoms with Gasteiger partial charge >= 0.3 is 6.01 Å². The molecule has 256 valence electrons. The summed E-state index contributed by atoms with van der Waals surface area (Å²) in [6, 6.07) is 3.27. The van der Waals surface area contributed by atoms with Gasteiger partial charge in [0.1, 0.15) is 53.3 Å². The molecule has 1 saturated carbocycles. The molecule has 5 aliphatic rings. The normalized spacial score (nSPS) is 27.3. The highest BCUT2D eigenvalue weighted by Crippen LogP contribution is 2.54. The summed E-state index contributed by atoms with van der Waals surface area (Å²) < 4.78 is 81.6. The van der Waals surface area contributed by atoms with E-state index in [-0.39, 0.29) is 84.5 Å². The maximum atomic E-state index is 17.3. The number of halogens is 5. The Morgan fingerprint density at radius 1 is 1.18 bits per heavy atom. The first-order chi connectivity index (χ1) is 23.6. The number of alkyl halides is 2. The van der Waals surface area contributed by atoms with Gasteiger partial charge in [-0.25, -0.2) is 17.6 Å². The fourth-order valence-corrected chi connectivity index (χ4v) is 9.71. The minimum atomic E-state index is -1.58. The van der Waals surface area contributed by atoms with Crippen LogP contribution in [0.2, 0.25) is 5.02 Å². The Morgan fingerprint density at radius 3 is 2.78 bits per heavy atom. The molecule has 6 heterocycles. The zero-order valence-electron chi connectivity index (χ0n) is 26.2. The standard InChI is InChI=1S/C34H31ClF4N6O3S/c35-25-23(18-2-3-20(37)29-22(18)19(11-40)30(41)49-29)26(38)27-24-28(25)47-14-21(34(39)6-7-34)45(17-4-9-46-13-17)31(24)43-32(42-27)48-15-33-5-1-8-44(33)12-16(36)10-33/h2-3,16-17,21H,1,4-10,12-15,41H2/t16-,17?,21-,33+/m1/s1. The van der Waals surface area contributed by atoms with Gasteiger partial charge in [-0.2, -0.15) is 15.2 Å². The lowest BCUT2D eigenvalue weighted by Crippen LogP contribution is -2.52. The third-order valence-corrected chi connectivity index (χ3v) is 12.4. The molecular weight excluding hydrogens is 684 g/mol. The molecule has 2 N–H and O–H groups in total. The number of nitrogens with zero attached hydrogens (tertiary/aromatic N) is 5. The summed E-state index contributed by atoms with van der Waals surface area (Å²) in [7, 11) is 0. The fraction of sp³-hybridized carbons (Fsp3) is 0.500. The largest absolute Gasteiger partial charge is 0.489 e. The lowest BCUT2D eigenvalue weighted by molar-refractivity contribution is 0.107. The molecule has 49 heavy (non-hydrogen) atoms. The molecule has 2 aromatic heterocycles. The second kappa shape index (κ2) is 11.2. The summed E-state index contributed by atoms with van der Waals surface area (Å²) in [6.45, 7) is 1.81. The Labute approximate surface area is 287 Å². The summed E-state index contributed by atoms with van der Waals surface area (Å²) in [5.41, 5.74) is 3.73. The molecule has 9 nitrogen and oxygen atoms in total. The van der Waals surface area contributed by atoms with E-state index in [1.807, 2.05) is 11.0 Å². The van der Waals surface area contributed by atoms with Crippen molar-refractivity contribution < 1.29 is 31.8 Å². The van der Waals surface area contributed by atoms with E-state index in [0.717, 1.165) is 36.8 Å². The second-order valence-corrected chi connectivity index (χ2v) is 15.2. The van der Waals surface area contributed by atoms with E-state index >= 15 is 13.2 Å². The van der Waals surface area contributed by atoms with Crippen molar-refractivity contribution in [3.63, 3.8) is 0 Å². The van der Waals surface area contributed by atoms with E-state index in [2.05, 4.69) is 9.88 Å². The lowest BCUT2D eigenvalue weighted by Gasteiger charge is -2.37. The molecule has 0 bridgehead atoms. The van der Waals surface area contributed by atoms with Crippen LogP contribution in [-0.4, -0.2) is 83.8 Å². The van der Waals surface area contributed by atoms with Gasteiger partial charge in [0.05, 0.1) is 44.9 Å². The fourth-order valence-electron chi connectivity index (χ4n) is 8.42. The SMILES string of the molecule is N#Cc1c(N)sc2c(F)ccc(-c3c(Cl)c4c5c(nc(OC[C@@]67CCCN6C[C@H](F)C7)nc5c3F)N(C3CCOC3)[C@@H](C3(F)CC3)CO4)c12. The Balaban J connectivity index is 1.28. The predicted octanol–water partition coefficient (Wildman–Crippen LogP) is 6.71. The van der Waals surface area contributed by atoms with Crippen molar-refractivity contribution in [2.45, 2.75) is 68.0 Å². The van der Waals surface area contributed by atoms with Crippen LogP contribution >= 0.6 is 22.9 Å². The van der Waals surface area contributed by atoms with Crippen molar-refractivity contribution in [3.8, 4) is 29.0 Å².